The number of hydrogen-bond acceptors (Lipinski definition) is 0. The van der Waals surface area contributed by atoms with Crippen molar-refractivity contribution in [3.05, 3.63) is 29.3 Å². The lowest BCUT2D eigenvalue weighted by molar-refractivity contribution is 1.35. The maximum atomic E-state index is 2.32. The Bertz CT molecular complexity index is 228. The predicted octanol–water partition coefficient (Wildman–Crippen LogP) is 1.15. The molecule has 1 heteroatoms. The lowest BCUT2D eigenvalue weighted by atomic mass is 10.1. The molecule has 0 saturated carbocycles. The summed E-state index contributed by atoms with van der Waals surface area (Å²) in [5.74, 6) is 0. The van der Waals surface area contributed by atoms with Crippen molar-refractivity contribution in [2.24, 2.45) is 0 Å². The molecular weight excluding hydrogens is 136 g/mol. The molecule has 0 bridgehead atoms. The first kappa shape index (κ1) is 7.54. The second kappa shape index (κ2) is 3.02. The zero-order valence-electron chi connectivity index (χ0n) is 6.94. The van der Waals surface area contributed by atoms with Crippen LogP contribution in [0.5, 0.6) is 0 Å². The van der Waals surface area contributed by atoms with E-state index in [9.17, 15) is 0 Å². The highest BCUT2D eigenvalue weighted by atomic mass is 28.2. The molecule has 54 valence electrons. The van der Waals surface area contributed by atoms with Crippen molar-refractivity contribution in [2.45, 2.75) is 20.4 Å². The topological polar surface area (TPSA) is 0 Å². The first-order chi connectivity index (χ1) is 4.74. The summed E-state index contributed by atoms with van der Waals surface area (Å²) in [4.78, 5) is 0. The largest absolute Gasteiger partial charge is 0.0708 e. The third kappa shape index (κ3) is 1.48. The first-order valence-electron chi connectivity index (χ1n) is 3.80. The van der Waals surface area contributed by atoms with Gasteiger partial charge in [0.05, 0.1) is 9.52 Å². The molecule has 0 amide bonds. The molecule has 0 aliphatic carbocycles. The van der Waals surface area contributed by atoms with Gasteiger partial charge in [0, 0.05) is 0 Å². The molecule has 0 saturated heterocycles. The molecule has 0 aliphatic heterocycles. The lowest BCUT2D eigenvalue weighted by Crippen LogP contribution is -2.10. The van der Waals surface area contributed by atoms with Crippen LogP contribution in [0.25, 0.3) is 0 Å². The van der Waals surface area contributed by atoms with Crippen molar-refractivity contribution in [3.63, 3.8) is 0 Å². The third-order valence-corrected chi connectivity index (χ3v) is 3.24. The fourth-order valence-corrected chi connectivity index (χ4v) is 1.89. The van der Waals surface area contributed by atoms with Crippen LogP contribution in [0.4, 0.5) is 0 Å². The van der Waals surface area contributed by atoms with Crippen LogP contribution in [-0.4, -0.2) is 9.52 Å². The van der Waals surface area contributed by atoms with Gasteiger partial charge in [0.25, 0.3) is 0 Å². The quantitative estimate of drug-likeness (QED) is 0.527. The zero-order chi connectivity index (χ0) is 7.56. The molecule has 0 unspecified atom stereocenters. The van der Waals surface area contributed by atoms with Crippen LogP contribution in [0.2, 0.25) is 6.55 Å². The third-order valence-electron chi connectivity index (χ3n) is 1.98. The highest BCUT2D eigenvalue weighted by molar-refractivity contribution is 6.51. The van der Waals surface area contributed by atoms with Crippen molar-refractivity contribution in [1.82, 2.24) is 0 Å². The Labute approximate surface area is 65.1 Å². The molecule has 10 heavy (non-hydrogen) atoms. The van der Waals surface area contributed by atoms with E-state index in [1.807, 2.05) is 0 Å². The van der Waals surface area contributed by atoms with E-state index in [1.165, 1.54) is 11.1 Å². The fourth-order valence-electron chi connectivity index (χ4n) is 1.02. The van der Waals surface area contributed by atoms with Gasteiger partial charge in [-0.2, -0.15) is 0 Å². The molecule has 0 spiro atoms. The summed E-state index contributed by atoms with van der Waals surface area (Å²) in [6, 6.07) is 6.80. The second-order valence-electron chi connectivity index (χ2n) is 2.77. The SMILES string of the molecule is C[SiH2]c1ccc(C)c(C)c1. The van der Waals surface area contributed by atoms with E-state index in [-0.39, 0.29) is 9.52 Å². The van der Waals surface area contributed by atoms with Gasteiger partial charge in [-0.15, -0.1) is 0 Å². The molecule has 1 aromatic rings. The molecule has 0 atom stereocenters. The number of aryl methyl sites for hydroxylation is 2. The van der Waals surface area contributed by atoms with Gasteiger partial charge >= 0.3 is 0 Å². The van der Waals surface area contributed by atoms with E-state index in [2.05, 4.69) is 38.6 Å². The monoisotopic (exact) mass is 150 g/mol. The number of rotatable bonds is 1. The summed E-state index contributed by atoms with van der Waals surface area (Å²) in [5, 5.41) is 1.57. The highest BCUT2D eigenvalue weighted by Crippen LogP contribution is 2.01. The van der Waals surface area contributed by atoms with Gasteiger partial charge in [0.1, 0.15) is 0 Å². The van der Waals surface area contributed by atoms with E-state index < -0.39 is 0 Å². The molecule has 0 nitrogen and oxygen atoms in total. The van der Waals surface area contributed by atoms with Crippen LogP contribution < -0.4 is 5.19 Å². The van der Waals surface area contributed by atoms with Crippen LogP contribution in [0, 0.1) is 13.8 Å². The molecule has 1 aromatic carbocycles. The molecule has 0 radical (unpaired) electrons. The van der Waals surface area contributed by atoms with Crippen molar-refractivity contribution < 1.29 is 0 Å². The Morgan fingerprint density at radius 1 is 1.10 bits per heavy atom. The maximum absolute atomic E-state index is 2.32. The first-order valence-corrected chi connectivity index (χ1v) is 5.92. The normalized spacial score (nSPS) is 11.1. The molecule has 0 fully saturated rings. The average Bonchev–Trinajstić information content (AvgIpc) is 1.95. The Morgan fingerprint density at radius 3 is 2.30 bits per heavy atom. The Kier molecular flexibility index (Phi) is 2.28. The summed E-state index contributed by atoms with van der Waals surface area (Å²) in [5.41, 5.74) is 2.85. The minimum Gasteiger partial charge on any atom is -0.0708 e. The van der Waals surface area contributed by atoms with Crippen molar-refractivity contribution in [1.29, 1.82) is 0 Å². The summed E-state index contributed by atoms with van der Waals surface area (Å²) in [6.07, 6.45) is 0. The lowest BCUT2D eigenvalue weighted by Gasteiger charge is -2.00. The van der Waals surface area contributed by atoms with Crippen molar-refractivity contribution in [2.75, 3.05) is 0 Å². The van der Waals surface area contributed by atoms with Gasteiger partial charge in [0.2, 0.25) is 0 Å². The van der Waals surface area contributed by atoms with Gasteiger partial charge in [-0.3, -0.25) is 0 Å². The average molecular weight is 150 g/mol. The molecule has 0 N–H and O–H groups in total. The molecule has 0 aromatic heterocycles. The van der Waals surface area contributed by atoms with Gasteiger partial charge in [0.15, 0.2) is 0 Å². The Balaban J connectivity index is 3.04. The van der Waals surface area contributed by atoms with E-state index in [0.29, 0.717) is 0 Å². The Hall–Kier alpha value is -0.563. The van der Waals surface area contributed by atoms with E-state index in [0.717, 1.165) is 0 Å². The van der Waals surface area contributed by atoms with Gasteiger partial charge in [-0.1, -0.05) is 29.9 Å². The van der Waals surface area contributed by atoms with Crippen LogP contribution in [0.1, 0.15) is 11.1 Å². The molecule has 0 heterocycles. The minimum atomic E-state index is 0.0539. The van der Waals surface area contributed by atoms with Crippen molar-refractivity contribution >= 4 is 14.7 Å². The van der Waals surface area contributed by atoms with E-state index in [1.54, 1.807) is 5.19 Å². The van der Waals surface area contributed by atoms with Crippen LogP contribution in [0.3, 0.4) is 0 Å². The summed E-state index contributed by atoms with van der Waals surface area (Å²) < 4.78 is 0. The van der Waals surface area contributed by atoms with E-state index in [4.69, 9.17) is 0 Å². The van der Waals surface area contributed by atoms with Gasteiger partial charge < -0.3 is 0 Å². The molecule has 1 rings (SSSR count). The minimum absolute atomic E-state index is 0.0539. The zero-order valence-corrected chi connectivity index (χ0v) is 8.35. The fraction of sp³-hybridized carbons (Fsp3) is 0.333. The summed E-state index contributed by atoms with van der Waals surface area (Å²) in [6.45, 7) is 6.67. The standard InChI is InChI=1S/C9H14Si/c1-7-4-5-9(10-3)6-8(7)2/h4-6H,10H2,1-3H3. The van der Waals surface area contributed by atoms with Crippen molar-refractivity contribution in [3.8, 4) is 0 Å². The summed E-state index contributed by atoms with van der Waals surface area (Å²) >= 11 is 0. The predicted molar refractivity (Wildman–Crippen MR) is 50.0 cm³/mol. The van der Waals surface area contributed by atoms with Gasteiger partial charge in [-0.05, 0) is 25.0 Å². The van der Waals surface area contributed by atoms with Crippen LogP contribution in [-0.2, 0) is 0 Å². The Morgan fingerprint density at radius 2 is 1.80 bits per heavy atom. The smallest absolute Gasteiger partial charge is 0.0517 e. The maximum Gasteiger partial charge on any atom is 0.0517 e. The highest BCUT2D eigenvalue weighted by Gasteiger charge is 1.92. The summed E-state index contributed by atoms with van der Waals surface area (Å²) in [7, 11) is 0.0539. The molecule has 0 aliphatic rings. The van der Waals surface area contributed by atoms with Crippen LogP contribution >= 0.6 is 0 Å². The van der Waals surface area contributed by atoms with E-state index >= 15 is 0 Å². The molecular formula is C9H14Si. The van der Waals surface area contributed by atoms with Crippen LogP contribution in [0.15, 0.2) is 18.2 Å². The number of benzene rings is 1. The number of hydrogen-bond donors (Lipinski definition) is 0. The van der Waals surface area contributed by atoms with Gasteiger partial charge in [-0.25, -0.2) is 0 Å². The second-order valence-corrected chi connectivity index (χ2v) is 4.30.